The molecule has 1 amide bonds. The average Bonchev–Trinajstić information content (AvgIpc) is 3.08. The van der Waals surface area contributed by atoms with Crippen LogP contribution in [0.2, 0.25) is 0 Å². The van der Waals surface area contributed by atoms with Crippen molar-refractivity contribution in [2.75, 3.05) is 13.2 Å². The van der Waals surface area contributed by atoms with E-state index in [9.17, 15) is 18.0 Å². The third-order valence-electron chi connectivity index (χ3n) is 2.52. The Morgan fingerprint density at radius 1 is 1.55 bits per heavy atom. The molecule has 0 saturated carbocycles. The van der Waals surface area contributed by atoms with Crippen LogP contribution < -0.4 is 5.32 Å². The molecule has 0 radical (unpaired) electrons. The Morgan fingerprint density at radius 3 is 2.95 bits per heavy atom. The molecule has 0 fully saturated rings. The molecule has 2 rings (SSSR count). The van der Waals surface area contributed by atoms with Crippen LogP contribution in [0, 0.1) is 0 Å². The molecular formula is C13H13F3N2O3S. The number of nitrogens with zero attached hydrogens (tertiary/aromatic N) is 1. The first-order chi connectivity index (χ1) is 10.3. The first-order valence-corrected chi connectivity index (χ1v) is 7.16. The Morgan fingerprint density at radius 2 is 2.32 bits per heavy atom. The highest BCUT2D eigenvalue weighted by Crippen LogP contribution is 2.23. The average molecular weight is 334 g/mol. The Labute approximate surface area is 128 Å². The number of alkyl halides is 3. The summed E-state index contributed by atoms with van der Waals surface area (Å²) in [6.07, 6.45) is -1.37. The second-order valence-electron chi connectivity index (χ2n) is 4.55. The van der Waals surface area contributed by atoms with Crippen molar-refractivity contribution in [3.05, 3.63) is 29.7 Å². The molecule has 22 heavy (non-hydrogen) atoms. The van der Waals surface area contributed by atoms with E-state index < -0.39 is 24.7 Å². The maximum atomic E-state index is 11.9. The molecule has 0 saturated heterocycles. The van der Waals surface area contributed by atoms with Gasteiger partial charge in [0, 0.05) is 17.0 Å². The molecular weight excluding hydrogens is 321 g/mol. The second kappa shape index (κ2) is 6.93. The molecule has 1 atom stereocenters. The predicted octanol–water partition coefficient (Wildman–Crippen LogP) is 3.10. The summed E-state index contributed by atoms with van der Waals surface area (Å²) >= 11 is 1.27. The lowest BCUT2D eigenvalue weighted by Gasteiger charge is -2.14. The smallest absolute Gasteiger partial charge is 0.411 e. The van der Waals surface area contributed by atoms with E-state index in [1.165, 1.54) is 23.9 Å². The third kappa shape index (κ3) is 4.85. The predicted molar refractivity (Wildman–Crippen MR) is 73.6 cm³/mol. The standard InChI is InChI=1S/C13H13F3N2O3S/c1-8(4-21-7-13(14,15)16)17-11(19)10-6-22-12(18-10)9-2-3-20-5-9/h2-3,5-6,8H,4,7H2,1H3,(H,17,19). The number of carbonyl (C=O) groups is 1. The SMILES string of the molecule is CC(COCC(F)(F)F)NC(=O)c1csc(-c2ccoc2)n1. The number of ether oxygens (including phenoxy) is 1. The monoisotopic (exact) mass is 334 g/mol. The first kappa shape index (κ1) is 16.5. The van der Waals surface area contributed by atoms with Gasteiger partial charge in [-0.1, -0.05) is 0 Å². The van der Waals surface area contributed by atoms with Gasteiger partial charge in [-0.3, -0.25) is 4.79 Å². The van der Waals surface area contributed by atoms with E-state index in [0.717, 1.165) is 5.56 Å². The van der Waals surface area contributed by atoms with E-state index in [0.29, 0.717) is 5.01 Å². The van der Waals surface area contributed by atoms with Gasteiger partial charge in [0.25, 0.3) is 5.91 Å². The van der Waals surface area contributed by atoms with Crippen LogP contribution in [-0.2, 0) is 4.74 Å². The molecule has 0 spiro atoms. The van der Waals surface area contributed by atoms with Crippen molar-refractivity contribution in [2.24, 2.45) is 0 Å². The Hall–Kier alpha value is -1.87. The van der Waals surface area contributed by atoms with E-state index in [1.807, 2.05) is 0 Å². The number of hydrogen-bond donors (Lipinski definition) is 1. The van der Waals surface area contributed by atoms with E-state index in [1.54, 1.807) is 18.4 Å². The van der Waals surface area contributed by atoms with E-state index in [-0.39, 0.29) is 12.3 Å². The van der Waals surface area contributed by atoms with Gasteiger partial charge in [0.1, 0.15) is 23.6 Å². The van der Waals surface area contributed by atoms with Gasteiger partial charge < -0.3 is 14.5 Å². The molecule has 2 aromatic heterocycles. The highest BCUT2D eigenvalue weighted by atomic mass is 32.1. The molecule has 9 heteroatoms. The van der Waals surface area contributed by atoms with Crippen LogP contribution in [0.4, 0.5) is 13.2 Å². The second-order valence-corrected chi connectivity index (χ2v) is 5.41. The molecule has 0 aliphatic heterocycles. The van der Waals surface area contributed by atoms with Gasteiger partial charge in [0.05, 0.1) is 12.9 Å². The maximum Gasteiger partial charge on any atom is 0.411 e. The summed E-state index contributed by atoms with van der Waals surface area (Å²) in [5.41, 5.74) is 0.953. The van der Waals surface area contributed by atoms with E-state index in [4.69, 9.17) is 4.42 Å². The van der Waals surface area contributed by atoms with Crippen molar-refractivity contribution in [1.29, 1.82) is 0 Å². The van der Waals surface area contributed by atoms with Gasteiger partial charge in [-0.05, 0) is 13.0 Å². The lowest BCUT2D eigenvalue weighted by atomic mass is 10.3. The lowest BCUT2D eigenvalue weighted by Crippen LogP contribution is -2.37. The minimum absolute atomic E-state index is 0.198. The van der Waals surface area contributed by atoms with Crippen LogP contribution in [0.1, 0.15) is 17.4 Å². The van der Waals surface area contributed by atoms with Crippen LogP contribution in [0.5, 0.6) is 0 Å². The number of carbonyl (C=O) groups excluding carboxylic acids is 1. The van der Waals surface area contributed by atoms with Crippen molar-refractivity contribution in [3.63, 3.8) is 0 Å². The normalized spacial score (nSPS) is 13.1. The quantitative estimate of drug-likeness (QED) is 0.882. The van der Waals surface area contributed by atoms with Gasteiger partial charge in [0.2, 0.25) is 0 Å². The number of amides is 1. The number of nitrogens with one attached hydrogen (secondary N) is 1. The van der Waals surface area contributed by atoms with Crippen LogP contribution in [0.3, 0.4) is 0 Å². The van der Waals surface area contributed by atoms with E-state index in [2.05, 4.69) is 15.0 Å². The zero-order valence-electron chi connectivity index (χ0n) is 11.5. The molecule has 2 heterocycles. The summed E-state index contributed by atoms with van der Waals surface area (Å²) in [5.74, 6) is -0.464. The molecule has 120 valence electrons. The largest absolute Gasteiger partial charge is 0.472 e. The van der Waals surface area contributed by atoms with E-state index >= 15 is 0 Å². The molecule has 1 unspecified atom stereocenters. The highest BCUT2D eigenvalue weighted by molar-refractivity contribution is 7.13. The van der Waals surface area contributed by atoms with Gasteiger partial charge in [-0.2, -0.15) is 13.2 Å². The van der Waals surface area contributed by atoms with Crippen LogP contribution >= 0.6 is 11.3 Å². The minimum atomic E-state index is -4.38. The fourth-order valence-electron chi connectivity index (χ4n) is 1.59. The molecule has 0 aliphatic rings. The number of furan rings is 1. The number of rotatable bonds is 6. The van der Waals surface area contributed by atoms with Crippen LogP contribution in [-0.4, -0.2) is 36.3 Å². The number of hydrogen-bond acceptors (Lipinski definition) is 5. The lowest BCUT2D eigenvalue weighted by molar-refractivity contribution is -0.174. The van der Waals surface area contributed by atoms with Crippen molar-refractivity contribution < 1.29 is 27.1 Å². The minimum Gasteiger partial charge on any atom is -0.472 e. The fraction of sp³-hybridized carbons (Fsp3) is 0.385. The summed E-state index contributed by atoms with van der Waals surface area (Å²) in [5, 5.41) is 4.73. The highest BCUT2D eigenvalue weighted by Gasteiger charge is 2.27. The van der Waals surface area contributed by atoms with Crippen molar-refractivity contribution >= 4 is 17.2 Å². The van der Waals surface area contributed by atoms with Crippen molar-refractivity contribution in [2.45, 2.75) is 19.1 Å². The Kier molecular flexibility index (Phi) is 5.19. The van der Waals surface area contributed by atoms with Crippen LogP contribution in [0.15, 0.2) is 28.4 Å². The Bertz CT molecular complexity index is 610. The van der Waals surface area contributed by atoms with Crippen molar-refractivity contribution in [1.82, 2.24) is 10.3 Å². The van der Waals surface area contributed by atoms with Crippen LogP contribution in [0.25, 0.3) is 10.6 Å². The Balaban J connectivity index is 1.84. The molecule has 0 bridgehead atoms. The van der Waals surface area contributed by atoms with Gasteiger partial charge in [-0.25, -0.2) is 4.98 Å². The summed E-state index contributed by atoms with van der Waals surface area (Å²) < 4.78 is 45.3. The molecule has 1 N–H and O–H groups in total. The zero-order valence-corrected chi connectivity index (χ0v) is 12.3. The van der Waals surface area contributed by atoms with Gasteiger partial charge in [0.15, 0.2) is 0 Å². The topological polar surface area (TPSA) is 64.4 Å². The summed E-state index contributed by atoms with van der Waals surface area (Å²) in [6, 6.07) is 1.16. The summed E-state index contributed by atoms with van der Waals surface area (Å²) in [4.78, 5) is 16.1. The number of aromatic nitrogens is 1. The molecule has 0 aromatic carbocycles. The van der Waals surface area contributed by atoms with Gasteiger partial charge in [-0.15, -0.1) is 11.3 Å². The molecule has 0 aliphatic carbocycles. The third-order valence-corrected chi connectivity index (χ3v) is 3.41. The molecule has 5 nitrogen and oxygen atoms in total. The van der Waals surface area contributed by atoms with Crippen molar-refractivity contribution in [3.8, 4) is 10.6 Å². The summed E-state index contributed by atoms with van der Waals surface area (Å²) in [6.45, 7) is -0.0177. The summed E-state index contributed by atoms with van der Waals surface area (Å²) in [7, 11) is 0. The fourth-order valence-corrected chi connectivity index (χ4v) is 2.37. The van der Waals surface area contributed by atoms with Gasteiger partial charge >= 0.3 is 6.18 Å². The number of halogens is 3. The first-order valence-electron chi connectivity index (χ1n) is 6.28. The maximum absolute atomic E-state index is 11.9. The molecule has 2 aromatic rings. The zero-order chi connectivity index (χ0) is 16.2. The number of thiazole rings is 1.